The van der Waals surface area contributed by atoms with Crippen LogP contribution in [0.1, 0.15) is 12.5 Å². The molecule has 0 N–H and O–H groups in total. The highest BCUT2D eigenvalue weighted by atomic mass is 16.5. The number of para-hydroxylation sites is 1. The van der Waals surface area contributed by atoms with Crippen LogP contribution in [0.25, 0.3) is 11.0 Å². The summed E-state index contributed by atoms with van der Waals surface area (Å²) in [6.07, 6.45) is 2.17. The molecule has 22 heavy (non-hydrogen) atoms. The number of methoxy groups -OCH3 is 1. The van der Waals surface area contributed by atoms with E-state index in [1.165, 1.54) is 6.26 Å². The molecule has 0 spiro atoms. The van der Waals surface area contributed by atoms with Crippen LogP contribution in [-0.4, -0.2) is 7.11 Å². The summed E-state index contributed by atoms with van der Waals surface area (Å²) in [5.41, 5.74) is 1.31. The van der Waals surface area contributed by atoms with Crippen molar-refractivity contribution >= 4 is 11.0 Å². The highest BCUT2D eigenvalue weighted by Gasteiger charge is 2.11. The molecule has 4 nitrogen and oxygen atoms in total. The Hall–Kier alpha value is -2.75. The first-order chi connectivity index (χ1) is 10.7. The summed E-state index contributed by atoms with van der Waals surface area (Å²) in [5.74, 6) is 1.49. The Kier molecular flexibility index (Phi) is 3.83. The molecule has 1 aromatic heterocycles. The smallest absolute Gasteiger partial charge is 0.235 e. The first-order valence-electron chi connectivity index (χ1n) is 7.08. The van der Waals surface area contributed by atoms with Crippen LogP contribution in [0.2, 0.25) is 0 Å². The summed E-state index contributed by atoms with van der Waals surface area (Å²) < 4.78 is 16.4. The monoisotopic (exact) mass is 296 g/mol. The molecular formula is C18H16O4. The third kappa shape index (κ3) is 2.55. The highest BCUT2D eigenvalue weighted by molar-refractivity contribution is 5.79. The molecule has 3 rings (SSSR count). The quantitative estimate of drug-likeness (QED) is 0.725. The Morgan fingerprint density at radius 1 is 1.09 bits per heavy atom. The molecule has 0 saturated carbocycles. The van der Waals surface area contributed by atoms with Crippen molar-refractivity contribution in [3.05, 3.63) is 64.5 Å². The van der Waals surface area contributed by atoms with Gasteiger partial charge in [-0.05, 0) is 30.2 Å². The Morgan fingerprint density at radius 3 is 2.68 bits per heavy atom. The zero-order chi connectivity index (χ0) is 15.5. The first-order valence-corrected chi connectivity index (χ1v) is 7.08. The summed E-state index contributed by atoms with van der Waals surface area (Å²) >= 11 is 0. The summed E-state index contributed by atoms with van der Waals surface area (Å²) in [6, 6.07) is 12.7. The molecule has 0 aliphatic carbocycles. The molecule has 0 atom stereocenters. The maximum absolute atomic E-state index is 12.5. The van der Waals surface area contributed by atoms with Gasteiger partial charge in [-0.15, -0.1) is 0 Å². The van der Waals surface area contributed by atoms with Gasteiger partial charge in [-0.25, -0.2) is 0 Å². The van der Waals surface area contributed by atoms with Crippen LogP contribution in [0.5, 0.6) is 17.2 Å². The maximum atomic E-state index is 12.5. The minimum absolute atomic E-state index is 0.179. The molecule has 112 valence electrons. The van der Waals surface area contributed by atoms with E-state index in [4.69, 9.17) is 13.9 Å². The van der Waals surface area contributed by atoms with Crippen molar-refractivity contribution in [3.8, 4) is 17.2 Å². The van der Waals surface area contributed by atoms with Gasteiger partial charge in [0.05, 0.1) is 12.5 Å². The molecule has 0 aliphatic rings. The van der Waals surface area contributed by atoms with Gasteiger partial charge in [0.25, 0.3) is 0 Å². The van der Waals surface area contributed by atoms with E-state index in [1.54, 1.807) is 25.3 Å². The molecule has 2 aromatic carbocycles. The van der Waals surface area contributed by atoms with Crippen molar-refractivity contribution in [1.29, 1.82) is 0 Å². The van der Waals surface area contributed by atoms with E-state index in [9.17, 15) is 4.79 Å². The van der Waals surface area contributed by atoms with Crippen LogP contribution in [0.3, 0.4) is 0 Å². The summed E-state index contributed by atoms with van der Waals surface area (Å²) in [5, 5.41) is 0.465. The Labute approximate surface area is 127 Å². The van der Waals surface area contributed by atoms with Gasteiger partial charge in [0.15, 0.2) is 0 Å². The van der Waals surface area contributed by atoms with Gasteiger partial charge in [-0.3, -0.25) is 4.79 Å². The summed E-state index contributed by atoms with van der Waals surface area (Å²) in [7, 11) is 1.57. The fraction of sp³-hybridized carbons (Fsp3) is 0.167. The average Bonchev–Trinajstić information content (AvgIpc) is 2.57. The largest absolute Gasteiger partial charge is 0.497 e. The highest BCUT2D eigenvalue weighted by Crippen LogP contribution is 2.26. The fourth-order valence-electron chi connectivity index (χ4n) is 2.30. The van der Waals surface area contributed by atoms with Crippen LogP contribution in [0, 0.1) is 0 Å². The number of ether oxygens (including phenoxy) is 2. The predicted octanol–water partition coefficient (Wildman–Crippen LogP) is 4.16. The van der Waals surface area contributed by atoms with Crippen molar-refractivity contribution in [1.82, 2.24) is 0 Å². The zero-order valence-corrected chi connectivity index (χ0v) is 12.5. The lowest BCUT2D eigenvalue weighted by molar-refractivity contribution is 0.413. The van der Waals surface area contributed by atoms with E-state index < -0.39 is 0 Å². The van der Waals surface area contributed by atoms with Crippen molar-refractivity contribution in [2.24, 2.45) is 0 Å². The number of rotatable bonds is 4. The molecule has 0 radical (unpaired) electrons. The van der Waals surface area contributed by atoms with Gasteiger partial charge >= 0.3 is 0 Å². The normalized spacial score (nSPS) is 10.6. The van der Waals surface area contributed by atoms with Crippen molar-refractivity contribution in [3.63, 3.8) is 0 Å². The standard InChI is InChI=1S/C18H16O4/c1-3-12-6-4-5-7-15(12)22-17-11-21-16-10-13(20-2)8-9-14(16)18(17)19/h4-11H,3H2,1-2H3. The lowest BCUT2D eigenvalue weighted by Gasteiger charge is -2.09. The molecule has 0 unspecified atom stereocenters. The third-order valence-corrected chi connectivity index (χ3v) is 3.52. The van der Waals surface area contributed by atoms with Gasteiger partial charge in [-0.2, -0.15) is 0 Å². The topological polar surface area (TPSA) is 48.7 Å². The second kappa shape index (κ2) is 5.93. The van der Waals surface area contributed by atoms with Gasteiger partial charge in [0, 0.05) is 6.07 Å². The number of hydrogen-bond donors (Lipinski definition) is 0. The van der Waals surface area contributed by atoms with E-state index in [0.29, 0.717) is 22.5 Å². The predicted molar refractivity (Wildman–Crippen MR) is 84.9 cm³/mol. The Morgan fingerprint density at radius 2 is 1.91 bits per heavy atom. The summed E-state index contributed by atoms with van der Waals surface area (Å²) in [4.78, 5) is 12.5. The van der Waals surface area contributed by atoms with E-state index >= 15 is 0 Å². The van der Waals surface area contributed by atoms with Gasteiger partial charge < -0.3 is 13.9 Å². The van der Waals surface area contributed by atoms with E-state index in [-0.39, 0.29) is 11.2 Å². The molecule has 0 saturated heterocycles. The van der Waals surface area contributed by atoms with Crippen LogP contribution in [0.4, 0.5) is 0 Å². The number of fused-ring (bicyclic) bond motifs is 1. The maximum Gasteiger partial charge on any atom is 0.235 e. The minimum Gasteiger partial charge on any atom is -0.497 e. The molecule has 0 fully saturated rings. The number of hydrogen-bond acceptors (Lipinski definition) is 4. The van der Waals surface area contributed by atoms with Gasteiger partial charge in [0.1, 0.15) is 23.3 Å². The average molecular weight is 296 g/mol. The molecule has 0 bridgehead atoms. The van der Waals surface area contributed by atoms with Crippen LogP contribution < -0.4 is 14.9 Å². The minimum atomic E-state index is -0.199. The van der Waals surface area contributed by atoms with Crippen molar-refractivity contribution < 1.29 is 13.9 Å². The second-order valence-corrected chi connectivity index (χ2v) is 4.85. The van der Waals surface area contributed by atoms with Crippen LogP contribution in [-0.2, 0) is 6.42 Å². The molecular weight excluding hydrogens is 280 g/mol. The molecule has 1 heterocycles. The van der Waals surface area contributed by atoms with Crippen molar-refractivity contribution in [2.75, 3.05) is 7.11 Å². The lowest BCUT2D eigenvalue weighted by Crippen LogP contribution is -2.05. The molecule has 4 heteroatoms. The second-order valence-electron chi connectivity index (χ2n) is 4.85. The fourth-order valence-corrected chi connectivity index (χ4v) is 2.30. The van der Waals surface area contributed by atoms with E-state index in [1.807, 2.05) is 31.2 Å². The summed E-state index contributed by atoms with van der Waals surface area (Å²) in [6.45, 7) is 2.04. The lowest BCUT2D eigenvalue weighted by atomic mass is 10.1. The Balaban J connectivity index is 2.05. The molecule has 0 amide bonds. The van der Waals surface area contributed by atoms with Crippen molar-refractivity contribution in [2.45, 2.75) is 13.3 Å². The molecule has 3 aromatic rings. The number of benzene rings is 2. The van der Waals surface area contributed by atoms with Crippen LogP contribution >= 0.6 is 0 Å². The number of aryl methyl sites for hydroxylation is 1. The SMILES string of the molecule is CCc1ccccc1Oc1coc2cc(OC)ccc2c1=O. The van der Waals surface area contributed by atoms with Crippen LogP contribution in [0.15, 0.2) is 57.9 Å². The molecule has 0 aliphatic heterocycles. The first kappa shape index (κ1) is 14.2. The third-order valence-electron chi connectivity index (χ3n) is 3.52. The zero-order valence-electron chi connectivity index (χ0n) is 12.5. The van der Waals surface area contributed by atoms with E-state index in [2.05, 4.69) is 0 Å². The van der Waals surface area contributed by atoms with E-state index in [0.717, 1.165) is 12.0 Å². The Bertz CT molecular complexity index is 864. The van der Waals surface area contributed by atoms with Gasteiger partial charge in [0.2, 0.25) is 11.2 Å². The van der Waals surface area contributed by atoms with Gasteiger partial charge in [-0.1, -0.05) is 25.1 Å².